The molecule has 1 aliphatic heterocycles. The van der Waals surface area contributed by atoms with E-state index >= 15 is 0 Å². The van der Waals surface area contributed by atoms with E-state index in [0.29, 0.717) is 12.5 Å². The maximum atomic E-state index is 13.7. The van der Waals surface area contributed by atoms with Crippen LogP contribution in [0, 0.1) is 11.6 Å². The van der Waals surface area contributed by atoms with Gasteiger partial charge in [0.1, 0.15) is 11.6 Å². The number of nitrogens with one attached hydrogen (secondary N) is 2. The van der Waals surface area contributed by atoms with Crippen molar-refractivity contribution in [2.24, 2.45) is 4.99 Å². The van der Waals surface area contributed by atoms with Crippen molar-refractivity contribution in [1.82, 2.24) is 10.6 Å². The first-order valence-corrected chi connectivity index (χ1v) is 8.87. The van der Waals surface area contributed by atoms with Crippen LogP contribution >= 0.6 is 0 Å². The van der Waals surface area contributed by atoms with Crippen LogP contribution in [-0.4, -0.2) is 38.7 Å². The van der Waals surface area contributed by atoms with Gasteiger partial charge in [-0.15, -0.1) is 0 Å². The van der Waals surface area contributed by atoms with Gasteiger partial charge in [-0.25, -0.2) is 8.78 Å². The highest BCUT2D eigenvalue weighted by Gasteiger charge is 2.23. The van der Waals surface area contributed by atoms with Crippen molar-refractivity contribution in [1.29, 1.82) is 0 Å². The third-order valence-corrected chi connectivity index (χ3v) is 4.60. The molecule has 0 aromatic heterocycles. The van der Waals surface area contributed by atoms with Crippen LogP contribution in [0.4, 0.5) is 14.5 Å². The molecule has 2 aromatic carbocycles. The predicted octanol–water partition coefficient (Wildman–Crippen LogP) is 2.95. The normalized spacial score (nSPS) is 17.4. The van der Waals surface area contributed by atoms with Crippen molar-refractivity contribution in [3.8, 4) is 0 Å². The molecule has 0 aliphatic carbocycles. The minimum Gasteiger partial charge on any atom is -0.369 e. The van der Waals surface area contributed by atoms with E-state index in [2.05, 4.69) is 32.7 Å². The van der Waals surface area contributed by atoms with Gasteiger partial charge in [0.15, 0.2) is 5.96 Å². The van der Waals surface area contributed by atoms with Gasteiger partial charge in [-0.1, -0.05) is 24.3 Å². The van der Waals surface area contributed by atoms with Gasteiger partial charge in [-0.2, -0.15) is 0 Å². The highest BCUT2D eigenvalue weighted by atomic mass is 19.1. The number of anilines is 1. The average Bonchev–Trinajstić information content (AvgIpc) is 3.12. The highest BCUT2D eigenvalue weighted by molar-refractivity contribution is 5.80. The van der Waals surface area contributed by atoms with Gasteiger partial charge < -0.3 is 15.5 Å². The van der Waals surface area contributed by atoms with Gasteiger partial charge in [-0.05, 0) is 37.1 Å². The molecule has 1 aliphatic rings. The lowest BCUT2D eigenvalue weighted by Crippen LogP contribution is -2.45. The molecule has 1 atom stereocenters. The fraction of sp³-hybridized carbons (Fsp3) is 0.350. The molecule has 0 radical (unpaired) electrons. The van der Waals surface area contributed by atoms with E-state index in [9.17, 15) is 8.78 Å². The lowest BCUT2D eigenvalue weighted by Gasteiger charge is -2.20. The first-order valence-electron chi connectivity index (χ1n) is 8.87. The number of nitrogens with zero attached hydrogens (tertiary/aromatic N) is 2. The van der Waals surface area contributed by atoms with Gasteiger partial charge in [0, 0.05) is 44.0 Å². The maximum absolute atomic E-state index is 13.7. The fourth-order valence-corrected chi connectivity index (χ4v) is 3.22. The smallest absolute Gasteiger partial charge is 0.191 e. The SMILES string of the molecule is CN=C(NCCc1c(F)cccc1F)NC1CCN(c2ccccc2)C1. The monoisotopic (exact) mass is 358 g/mol. The van der Waals surface area contributed by atoms with Crippen LogP contribution in [0.2, 0.25) is 0 Å². The van der Waals surface area contributed by atoms with Crippen molar-refractivity contribution < 1.29 is 8.78 Å². The molecule has 2 aromatic rings. The zero-order chi connectivity index (χ0) is 18.4. The van der Waals surface area contributed by atoms with E-state index in [1.165, 1.54) is 23.9 Å². The van der Waals surface area contributed by atoms with Crippen LogP contribution < -0.4 is 15.5 Å². The predicted molar refractivity (Wildman–Crippen MR) is 102 cm³/mol. The second-order valence-electron chi connectivity index (χ2n) is 6.36. The number of hydrogen-bond acceptors (Lipinski definition) is 2. The number of para-hydroxylation sites is 1. The topological polar surface area (TPSA) is 39.7 Å². The Balaban J connectivity index is 1.48. The van der Waals surface area contributed by atoms with E-state index in [1.54, 1.807) is 7.05 Å². The van der Waals surface area contributed by atoms with Crippen LogP contribution in [0.1, 0.15) is 12.0 Å². The first-order chi connectivity index (χ1) is 12.7. The summed E-state index contributed by atoms with van der Waals surface area (Å²) >= 11 is 0. The number of guanidine groups is 1. The third kappa shape index (κ3) is 4.50. The fourth-order valence-electron chi connectivity index (χ4n) is 3.22. The molecule has 2 N–H and O–H groups in total. The van der Waals surface area contributed by atoms with E-state index < -0.39 is 11.6 Å². The van der Waals surface area contributed by atoms with Crippen LogP contribution in [0.5, 0.6) is 0 Å². The summed E-state index contributed by atoms with van der Waals surface area (Å²) in [6.07, 6.45) is 1.28. The Morgan fingerprint density at radius 3 is 2.54 bits per heavy atom. The molecule has 138 valence electrons. The molecule has 6 heteroatoms. The number of hydrogen-bond donors (Lipinski definition) is 2. The zero-order valence-electron chi connectivity index (χ0n) is 14.9. The van der Waals surface area contributed by atoms with Crippen LogP contribution in [-0.2, 0) is 6.42 Å². The van der Waals surface area contributed by atoms with E-state index in [4.69, 9.17) is 0 Å². The largest absolute Gasteiger partial charge is 0.369 e. The van der Waals surface area contributed by atoms with Gasteiger partial charge in [0.05, 0.1) is 0 Å². The van der Waals surface area contributed by atoms with E-state index in [1.807, 2.05) is 18.2 Å². The van der Waals surface area contributed by atoms with Crippen molar-refractivity contribution in [3.05, 3.63) is 65.7 Å². The van der Waals surface area contributed by atoms with E-state index in [0.717, 1.165) is 19.5 Å². The van der Waals surface area contributed by atoms with Gasteiger partial charge >= 0.3 is 0 Å². The van der Waals surface area contributed by atoms with Gasteiger partial charge in [0.2, 0.25) is 0 Å². The Labute approximate surface area is 152 Å². The maximum Gasteiger partial charge on any atom is 0.191 e. The van der Waals surface area contributed by atoms with Crippen molar-refractivity contribution in [2.45, 2.75) is 18.9 Å². The van der Waals surface area contributed by atoms with Crippen LogP contribution in [0.25, 0.3) is 0 Å². The highest BCUT2D eigenvalue weighted by Crippen LogP contribution is 2.19. The third-order valence-electron chi connectivity index (χ3n) is 4.60. The minimum absolute atomic E-state index is 0.103. The molecule has 3 rings (SSSR count). The molecule has 0 amide bonds. The summed E-state index contributed by atoms with van der Waals surface area (Å²) in [4.78, 5) is 6.55. The molecule has 1 unspecified atom stereocenters. The first kappa shape index (κ1) is 18.2. The Bertz CT molecular complexity index is 728. The minimum atomic E-state index is -0.510. The van der Waals surface area contributed by atoms with Crippen molar-refractivity contribution in [3.63, 3.8) is 0 Å². The summed E-state index contributed by atoms with van der Waals surface area (Å²) in [5.41, 5.74) is 1.32. The molecule has 1 saturated heterocycles. The Kier molecular flexibility index (Phi) is 6.04. The average molecular weight is 358 g/mol. The second kappa shape index (κ2) is 8.65. The number of halogens is 2. The molecular weight excluding hydrogens is 334 g/mol. The summed E-state index contributed by atoms with van der Waals surface area (Å²) in [5, 5.41) is 6.53. The quantitative estimate of drug-likeness (QED) is 0.638. The van der Waals surface area contributed by atoms with E-state index in [-0.39, 0.29) is 18.0 Å². The Morgan fingerprint density at radius 2 is 1.85 bits per heavy atom. The molecule has 0 bridgehead atoms. The zero-order valence-corrected chi connectivity index (χ0v) is 14.9. The molecule has 0 spiro atoms. The summed E-state index contributed by atoms with van der Waals surface area (Å²) in [5.74, 6) is -0.366. The number of benzene rings is 2. The van der Waals surface area contributed by atoms with Crippen molar-refractivity contribution >= 4 is 11.6 Å². The summed E-state index contributed by atoms with van der Waals surface area (Å²) < 4.78 is 27.3. The molecule has 0 saturated carbocycles. The number of aliphatic imine (C=N–C) groups is 1. The second-order valence-corrected chi connectivity index (χ2v) is 6.36. The number of rotatable bonds is 5. The molecule has 4 nitrogen and oxygen atoms in total. The van der Waals surface area contributed by atoms with Crippen molar-refractivity contribution in [2.75, 3.05) is 31.6 Å². The lowest BCUT2D eigenvalue weighted by molar-refractivity contribution is 0.552. The standard InChI is InChI=1S/C20H24F2N4/c1-23-20(24-12-10-17-18(21)8-5-9-19(17)22)25-15-11-13-26(14-15)16-6-3-2-4-7-16/h2-9,15H,10-14H2,1H3,(H2,23,24,25). The summed E-state index contributed by atoms with van der Waals surface area (Å²) in [7, 11) is 1.70. The van der Waals surface area contributed by atoms with Crippen LogP contribution in [0.15, 0.2) is 53.5 Å². The van der Waals surface area contributed by atoms with Gasteiger partial charge in [0.25, 0.3) is 0 Å². The molecule has 1 fully saturated rings. The molecular formula is C20H24F2N4. The Morgan fingerprint density at radius 1 is 1.12 bits per heavy atom. The van der Waals surface area contributed by atoms with Gasteiger partial charge in [-0.3, -0.25) is 4.99 Å². The Hall–Kier alpha value is -2.63. The van der Waals surface area contributed by atoms with Crippen LogP contribution in [0.3, 0.4) is 0 Å². The molecule has 1 heterocycles. The summed E-state index contributed by atoms with van der Waals surface area (Å²) in [6, 6.07) is 14.5. The molecule has 26 heavy (non-hydrogen) atoms. The lowest BCUT2D eigenvalue weighted by atomic mass is 10.1. The summed E-state index contributed by atoms with van der Waals surface area (Å²) in [6.45, 7) is 2.29.